The minimum absolute atomic E-state index is 0.0688. The first kappa shape index (κ1) is 17.2. The monoisotopic (exact) mass is 348 g/mol. The first-order valence-electron chi connectivity index (χ1n) is 9.38. The predicted molar refractivity (Wildman–Crippen MR) is 101 cm³/mol. The third-order valence-corrected chi connectivity index (χ3v) is 5.89. The van der Waals surface area contributed by atoms with E-state index in [1.165, 1.54) is 5.56 Å². The summed E-state index contributed by atoms with van der Waals surface area (Å²) in [7, 11) is 0. The minimum Gasteiger partial charge on any atom is -0.356 e. The Morgan fingerprint density at radius 2 is 1.77 bits per heavy atom. The largest absolute Gasteiger partial charge is 0.356 e. The lowest BCUT2D eigenvalue weighted by Gasteiger charge is -2.34. The predicted octanol–water partition coefficient (Wildman–Crippen LogP) is 4.40. The molecule has 134 valence electrons. The van der Waals surface area contributed by atoms with E-state index < -0.39 is 17.6 Å². The highest BCUT2D eigenvalue weighted by atomic mass is 16.5. The van der Waals surface area contributed by atoms with E-state index >= 15 is 0 Å². The van der Waals surface area contributed by atoms with Crippen molar-refractivity contribution >= 4 is 11.6 Å². The van der Waals surface area contributed by atoms with Crippen molar-refractivity contribution in [2.24, 2.45) is 0 Å². The normalized spacial score (nSPS) is 27.8. The Morgan fingerprint density at radius 3 is 2.46 bits per heavy atom. The van der Waals surface area contributed by atoms with E-state index in [1.54, 1.807) is 0 Å². The van der Waals surface area contributed by atoms with Crippen LogP contribution in [0.25, 0.3) is 11.1 Å². The maximum absolute atomic E-state index is 13.1. The summed E-state index contributed by atoms with van der Waals surface area (Å²) in [4.78, 5) is 26.1. The van der Waals surface area contributed by atoms with Crippen LogP contribution in [0.15, 0.2) is 42.5 Å². The van der Waals surface area contributed by atoms with Gasteiger partial charge in [-0.25, -0.2) is 0 Å². The van der Waals surface area contributed by atoms with Gasteiger partial charge >= 0.3 is 0 Å². The number of aryl methyl sites for hydroxylation is 2. The van der Waals surface area contributed by atoms with Gasteiger partial charge in [-0.1, -0.05) is 48.9 Å². The molecule has 0 aromatic heterocycles. The molecule has 2 heterocycles. The van der Waals surface area contributed by atoms with Gasteiger partial charge in [0, 0.05) is 0 Å². The van der Waals surface area contributed by atoms with E-state index in [4.69, 9.17) is 4.74 Å². The van der Waals surface area contributed by atoms with Crippen molar-refractivity contribution < 1.29 is 14.3 Å². The second-order valence-corrected chi connectivity index (χ2v) is 7.71. The number of benzene rings is 2. The van der Waals surface area contributed by atoms with Gasteiger partial charge in [-0.3, -0.25) is 9.59 Å². The highest BCUT2D eigenvalue weighted by Gasteiger charge is 2.55. The van der Waals surface area contributed by atoms with Crippen molar-refractivity contribution in [2.75, 3.05) is 0 Å². The number of carbonyl (C=O) groups is 2. The molecule has 2 fully saturated rings. The van der Waals surface area contributed by atoms with Crippen LogP contribution in [0.1, 0.15) is 49.3 Å². The molecule has 2 saturated heterocycles. The van der Waals surface area contributed by atoms with Gasteiger partial charge in [0.1, 0.15) is 17.6 Å². The number of rotatable bonds is 3. The van der Waals surface area contributed by atoms with Crippen molar-refractivity contribution in [1.82, 2.24) is 0 Å². The third-order valence-electron chi connectivity index (χ3n) is 5.89. The number of ketones is 2. The molecule has 0 aliphatic carbocycles. The lowest BCUT2D eigenvalue weighted by Crippen LogP contribution is -2.49. The number of ether oxygens (including phenoxy) is 1. The molecule has 0 saturated carbocycles. The van der Waals surface area contributed by atoms with Crippen LogP contribution in [0.2, 0.25) is 0 Å². The minimum atomic E-state index is -0.811. The summed E-state index contributed by atoms with van der Waals surface area (Å²) in [6, 6.07) is 14.5. The average Bonchev–Trinajstić information content (AvgIpc) is 3.02. The summed E-state index contributed by atoms with van der Waals surface area (Å²) in [5.41, 5.74) is 4.47. The number of hydrogen-bond acceptors (Lipinski definition) is 3. The Kier molecular flexibility index (Phi) is 4.07. The van der Waals surface area contributed by atoms with Crippen LogP contribution >= 0.6 is 0 Å². The molecule has 3 nitrogen and oxygen atoms in total. The Hall–Kier alpha value is -2.26. The number of fused-ring (bicyclic) bond motifs is 2. The van der Waals surface area contributed by atoms with E-state index in [9.17, 15) is 9.59 Å². The van der Waals surface area contributed by atoms with Gasteiger partial charge in [0.25, 0.3) is 0 Å². The van der Waals surface area contributed by atoms with Crippen LogP contribution in [0.4, 0.5) is 0 Å². The number of Topliss-reactive ketones (excluding diaryl/α,β-unsaturated/α-hetero) is 2. The van der Waals surface area contributed by atoms with Gasteiger partial charge in [0.05, 0.1) is 0 Å². The molecule has 2 aromatic carbocycles. The quantitative estimate of drug-likeness (QED) is 0.772. The standard InChI is InChI=1S/C23H24O3/c1-4-15-9-10-17(16-7-5-14(2)6-8-16)13-18(15)20-21(24)19-11-12-23(3,26-19)22(20)25/h5-10,13,19-20H,4,11-12H2,1-3H3/t19-,20?,23+/m0/s1. The second kappa shape index (κ2) is 6.17. The first-order valence-corrected chi connectivity index (χ1v) is 9.38. The molecule has 0 N–H and O–H groups in total. The molecule has 2 aliphatic rings. The summed E-state index contributed by atoms with van der Waals surface area (Å²) >= 11 is 0. The highest BCUT2D eigenvalue weighted by Crippen LogP contribution is 2.44. The van der Waals surface area contributed by atoms with Gasteiger partial charge in [-0.05, 0) is 61.4 Å². The van der Waals surface area contributed by atoms with Gasteiger partial charge in [0.15, 0.2) is 11.6 Å². The third kappa shape index (κ3) is 2.62. The summed E-state index contributed by atoms with van der Waals surface area (Å²) in [6.07, 6.45) is 1.65. The fourth-order valence-corrected chi connectivity index (χ4v) is 4.25. The zero-order chi connectivity index (χ0) is 18.5. The van der Waals surface area contributed by atoms with Gasteiger partial charge in [0.2, 0.25) is 0 Å². The number of hydrogen-bond donors (Lipinski definition) is 0. The molecule has 4 rings (SSSR count). The fourth-order valence-electron chi connectivity index (χ4n) is 4.25. The van der Waals surface area contributed by atoms with Crippen LogP contribution in [0.5, 0.6) is 0 Å². The zero-order valence-corrected chi connectivity index (χ0v) is 15.5. The SMILES string of the molecule is CCc1ccc(-c2ccc(C)cc2)cc1C1C(=O)[C@@H]2CC[C@@](C)(O2)C1=O. The molecule has 26 heavy (non-hydrogen) atoms. The Bertz CT molecular complexity index is 881. The van der Waals surface area contributed by atoms with E-state index in [0.29, 0.717) is 12.8 Å². The molecule has 0 radical (unpaired) electrons. The summed E-state index contributed by atoms with van der Waals surface area (Å²) in [6.45, 7) is 5.96. The molecule has 0 spiro atoms. The van der Waals surface area contributed by atoms with Crippen LogP contribution in [0, 0.1) is 6.92 Å². The van der Waals surface area contributed by atoms with Gasteiger partial charge in [-0.2, -0.15) is 0 Å². The van der Waals surface area contributed by atoms with Gasteiger partial charge < -0.3 is 4.74 Å². The molecule has 3 atom stereocenters. The molecule has 2 bridgehead atoms. The van der Waals surface area contributed by atoms with Crippen LogP contribution < -0.4 is 0 Å². The molecule has 2 aliphatic heterocycles. The topological polar surface area (TPSA) is 43.4 Å². The maximum atomic E-state index is 13.1. The van der Waals surface area contributed by atoms with Crippen molar-refractivity contribution in [2.45, 2.75) is 57.7 Å². The van der Waals surface area contributed by atoms with Crippen molar-refractivity contribution in [3.8, 4) is 11.1 Å². The summed E-state index contributed by atoms with van der Waals surface area (Å²) < 4.78 is 5.76. The Morgan fingerprint density at radius 1 is 1.08 bits per heavy atom. The average molecular weight is 348 g/mol. The van der Waals surface area contributed by atoms with Crippen LogP contribution in [0.3, 0.4) is 0 Å². The van der Waals surface area contributed by atoms with Crippen molar-refractivity contribution in [3.63, 3.8) is 0 Å². The lowest BCUT2D eigenvalue weighted by molar-refractivity contribution is -0.160. The van der Waals surface area contributed by atoms with E-state index in [-0.39, 0.29) is 11.6 Å². The number of carbonyl (C=O) groups excluding carboxylic acids is 2. The van der Waals surface area contributed by atoms with E-state index in [2.05, 4.69) is 50.2 Å². The van der Waals surface area contributed by atoms with Crippen molar-refractivity contribution in [3.05, 3.63) is 59.2 Å². The molecular formula is C23H24O3. The van der Waals surface area contributed by atoms with Gasteiger partial charge in [-0.15, -0.1) is 0 Å². The Balaban J connectivity index is 1.82. The summed E-state index contributed by atoms with van der Waals surface area (Å²) in [5.74, 6) is -0.839. The smallest absolute Gasteiger partial charge is 0.179 e. The van der Waals surface area contributed by atoms with E-state index in [0.717, 1.165) is 28.7 Å². The van der Waals surface area contributed by atoms with Crippen LogP contribution in [-0.2, 0) is 20.7 Å². The zero-order valence-electron chi connectivity index (χ0n) is 15.5. The highest BCUT2D eigenvalue weighted by molar-refractivity contribution is 6.15. The summed E-state index contributed by atoms with van der Waals surface area (Å²) in [5, 5.41) is 0. The van der Waals surface area contributed by atoms with E-state index in [1.807, 2.05) is 13.0 Å². The Labute approximate surface area is 154 Å². The first-order chi connectivity index (χ1) is 12.4. The molecule has 2 aromatic rings. The molecular weight excluding hydrogens is 324 g/mol. The van der Waals surface area contributed by atoms with Crippen molar-refractivity contribution in [1.29, 1.82) is 0 Å². The second-order valence-electron chi connectivity index (χ2n) is 7.71. The van der Waals surface area contributed by atoms with Crippen LogP contribution in [-0.4, -0.2) is 23.3 Å². The molecule has 3 heteroatoms. The fraction of sp³-hybridized carbons (Fsp3) is 0.391. The molecule has 0 amide bonds. The lowest BCUT2D eigenvalue weighted by atomic mass is 9.78. The molecule has 1 unspecified atom stereocenters. The maximum Gasteiger partial charge on any atom is 0.179 e.